The smallest absolute Gasteiger partial charge is 0.224 e. The topological polar surface area (TPSA) is 61.4 Å². The number of hydrogen-bond donors (Lipinski definition) is 2. The Balaban J connectivity index is 1.53. The third-order valence-electron chi connectivity index (χ3n) is 5.37. The van der Waals surface area contributed by atoms with Gasteiger partial charge in [-0.05, 0) is 54.1 Å². The van der Waals surface area contributed by atoms with E-state index in [2.05, 4.69) is 40.7 Å². The molecule has 1 atom stereocenters. The fraction of sp³-hybridized carbons (Fsp3) is 0.417. The first kappa shape index (κ1) is 21.1. The Bertz CT molecular complexity index is 832. The van der Waals surface area contributed by atoms with Gasteiger partial charge in [-0.1, -0.05) is 43.3 Å². The lowest BCUT2D eigenvalue weighted by molar-refractivity contribution is -0.120. The van der Waals surface area contributed by atoms with Crippen LogP contribution in [0.1, 0.15) is 43.4 Å². The van der Waals surface area contributed by atoms with Gasteiger partial charge in [0.2, 0.25) is 11.8 Å². The largest absolute Gasteiger partial charge is 0.352 e. The number of carbonyl (C=O) groups excluding carboxylic acids is 2. The van der Waals surface area contributed by atoms with E-state index in [9.17, 15) is 9.59 Å². The molecule has 1 saturated heterocycles. The predicted octanol–water partition coefficient (Wildman–Crippen LogP) is 3.74. The van der Waals surface area contributed by atoms with Gasteiger partial charge in [-0.3, -0.25) is 14.5 Å². The predicted molar refractivity (Wildman–Crippen MR) is 116 cm³/mol. The normalized spacial score (nSPS) is 17.0. The third kappa shape index (κ3) is 6.71. The summed E-state index contributed by atoms with van der Waals surface area (Å²) in [7, 11) is 0. The molecular formula is C24H31N3O2. The van der Waals surface area contributed by atoms with Crippen LogP contribution in [0, 0.1) is 5.92 Å². The zero-order chi connectivity index (χ0) is 20.6. The van der Waals surface area contributed by atoms with Gasteiger partial charge in [0, 0.05) is 32.2 Å². The molecule has 0 radical (unpaired) electrons. The number of hydrogen-bond acceptors (Lipinski definition) is 3. The Morgan fingerprint density at radius 1 is 1.07 bits per heavy atom. The number of piperidine rings is 1. The summed E-state index contributed by atoms with van der Waals surface area (Å²) in [4.78, 5) is 26.0. The standard InChI is InChI=1S/C24H31N3O2/c1-18-6-5-13-27(16-18)17-22-8-4-3-7-21(22)15-25-24(29)14-20-9-11-23(12-10-20)26-19(2)28/h3-4,7-12,18H,5-6,13-17H2,1-2H3,(H,25,29)(H,26,28). The summed E-state index contributed by atoms with van der Waals surface area (Å²) in [6, 6.07) is 15.8. The Morgan fingerprint density at radius 2 is 1.79 bits per heavy atom. The average molecular weight is 394 g/mol. The molecule has 0 saturated carbocycles. The summed E-state index contributed by atoms with van der Waals surface area (Å²) in [6.07, 6.45) is 2.91. The fourth-order valence-corrected chi connectivity index (χ4v) is 3.91. The highest BCUT2D eigenvalue weighted by atomic mass is 16.2. The molecule has 1 unspecified atom stereocenters. The summed E-state index contributed by atoms with van der Waals surface area (Å²) in [5.74, 6) is 0.652. The lowest BCUT2D eigenvalue weighted by Gasteiger charge is -2.31. The van der Waals surface area contributed by atoms with E-state index >= 15 is 0 Å². The first-order valence-corrected chi connectivity index (χ1v) is 10.4. The monoisotopic (exact) mass is 393 g/mol. The van der Waals surface area contributed by atoms with E-state index in [1.54, 1.807) is 0 Å². The molecule has 5 heteroatoms. The molecule has 29 heavy (non-hydrogen) atoms. The van der Waals surface area contributed by atoms with Crippen molar-refractivity contribution in [1.29, 1.82) is 0 Å². The molecule has 1 aliphatic rings. The van der Waals surface area contributed by atoms with Crippen molar-refractivity contribution in [1.82, 2.24) is 10.2 Å². The lowest BCUT2D eigenvalue weighted by atomic mass is 9.99. The second kappa shape index (κ2) is 10.2. The van der Waals surface area contributed by atoms with Crippen LogP contribution in [0.5, 0.6) is 0 Å². The molecule has 5 nitrogen and oxygen atoms in total. The van der Waals surface area contributed by atoms with E-state index in [0.29, 0.717) is 13.0 Å². The molecule has 3 rings (SSSR count). The maximum absolute atomic E-state index is 12.4. The van der Waals surface area contributed by atoms with E-state index in [1.807, 2.05) is 30.3 Å². The molecule has 0 aromatic heterocycles. The quantitative estimate of drug-likeness (QED) is 0.753. The number of nitrogens with zero attached hydrogens (tertiary/aromatic N) is 1. The minimum Gasteiger partial charge on any atom is -0.352 e. The first-order valence-electron chi connectivity index (χ1n) is 10.4. The molecule has 2 N–H and O–H groups in total. The van der Waals surface area contributed by atoms with Crippen LogP contribution >= 0.6 is 0 Å². The van der Waals surface area contributed by atoms with Crippen molar-refractivity contribution in [3.8, 4) is 0 Å². The van der Waals surface area contributed by atoms with Gasteiger partial charge in [-0.15, -0.1) is 0 Å². The Hall–Kier alpha value is -2.66. The molecule has 154 valence electrons. The van der Waals surface area contributed by atoms with Gasteiger partial charge in [-0.25, -0.2) is 0 Å². The molecule has 1 fully saturated rings. The maximum atomic E-state index is 12.4. The maximum Gasteiger partial charge on any atom is 0.224 e. The molecule has 2 aromatic carbocycles. The SMILES string of the molecule is CC(=O)Nc1ccc(CC(=O)NCc2ccccc2CN2CCCC(C)C2)cc1. The van der Waals surface area contributed by atoms with E-state index in [1.165, 1.54) is 30.9 Å². The number of likely N-dealkylation sites (tertiary alicyclic amines) is 1. The molecule has 2 aromatic rings. The Kier molecular flexibility index (Phi) is 7.42. The highest BCUT2D eigenvalue weighted by Gasteiger charge is 2.17. The van der Waals surface area contributed by atoms with Crippen LogP contribution in [0.4, 0.5) is 5.69 Å². The van der Waals surface area contributed by atoms with Crippen LogP contribution in [0.2, 0.25) is 0 Å². The van der Waals surface area contributed by atoms with E-state index in [4.69, 9.17) is 0 Å². The van der Waals surface area contributed by atoms with Gasteiger partial charge in [0.15, 0.2) is 0 Å². The Labute approximate surface area is 173 Å². The molecular weight excluding hydrogens is 362 g/mol. The van der Waals surface area contributed by atoms with Crippen molar-refractivity contribution < 1.29 is 9.59 Å². The van der Waals surface area contributed by atoms with E-state index in [-0.39, 0.29) is 11.8 Å². The van der Waals surface area contributed by atoms with Crippen LogP contribution in [-0.2, 0) is 29.1 Å². The number of rotatable bonds is 7. The summed E-state index contributed by atoms with van der Waals surface area (Å²) < 4.78 is 0. The van der Waals surface area contributed by atoms with Crippen molar-refractivity contribution in [2.45, 2.75) is 46.2 Å². The third-order valence-corrected chi connectivity index (χ3v) is 5.37. The van der Waals surface area contributed by atoms with Gasteiger partial charge < -0.3 is 10.6 Å². The van der Waals surface area contributed by atoms with Gasteiger partial charge in [-0.2, -0.15) is 0 Å². The second-order valence-corrected chi connectivity index (χ2v) is 8.08. The van der Waals surface area contributed by atoms with Gasteiger partial charge >= 0.3 is 0 Å². The van der Waals surface area contributed by atoms with Crippen molar-refractivity contribution in [3.05, 3.63) is 65.2 Å². The molecule has 2 amide bonds. The summed E-state index contributed by atoms with van der Waals surface area (Å²) in [6.45, 7) is 7.59. The summed E-state index contributed by atoms with van der Waals surface area (Å²) >= 11 is 0. The van der Waals surface area contributed by atoms with Crippen LogP contribution < -0.4 is 10.6 Å². The Morgan fingerprint density at radius 3 is 2.48 bits per heavy atom. The zero-order valence-electron chi connectivity index (χ0n) is 17.4. The second-order valence-electron chi connectivity index (χ2n) is 8.08. The van der Waals surface area contributed by atoms with E-state index in [0.717, 1.165) is 36.8 Å². The number of amides is 2. The van der Waals surface area contributed by atoms with Crippen molar-refractivity contribution in [2.75, 3.05) is 18.4 Å². The van der Waals surface area contributed by atoms with Crippen molar-refractivity contribution >= 4 is 17.5 Å². The van der Waals surface area contributed by atoms with E-state index < -0.39 is 0 Å². The van der Waals surface area contributed by atoms with Crippen LogP contribution in [0.25, 0.3) is 0 Å². The summed E-state index contributed by atoms with van der Waals surface area (Å²) in [5.41, 5.74) is 4.14. The van der Waals surface area contributed by atoms with Gasteiger partial charge in [0.05, 0.1) is 6.42 Å². The van der Waals surface area contributed by atoms with Crippen LogP contribution in [-0.4, -0.2) is 29.8 Å². The fourth-order valence-electron chi connectivity index (χ4n) is 3.91. The van der Waals surface area contributed by atoms with Gasteiger partial charge in [0.25, 0.3) is 0 Å². The molecule has 0 aliphatic carbocycles. The highest BCUT2D eigenvalue weighted by Crippen LogP contribution is 2.19. The van der Waals surface area contributed by atoms with Crippen molar-refractivity contribution in [2.24, 2.45) is 5.92 Å². The van der Waals surface area contributed by atoms with Crippen molar-refractivity contribution in [3.63, 3.8) is 0 Å². The minimum absolute atomic E-state index is 0.00123. The van der Waals surface area contributed by atoms with Crippen LogP contribution in [0.15, 0.2) is 48.5 Å². The number of anilines is 1. The molecule has 0 bridgehead atoms. The van der Waals surface area contributed by atoms with Gasteiger partial charge in [0.1, 0.15) is 0 Å². The molecule has 0 spiro atoms. The molecule has 1 aliphatic heterocycles. The number of carbonyl (C=O) groups is 2. The average Bonchev–Trinajstić information content (AvgIpc) is 2.68. The lowest BCUT2D eigenvalue weighted by Crippen LogP contribution is -2.34. The zero-order valence-corrected chi connectivity index (χ0v) is 17.4. The van der Waals surface area contributed by atoms with Crippen LogP contribution in [0.3, 0.4) is 0 Å². The number of nitrogens with one attached hydrogen (secondary N) is 2. The minimum atomic E-state index is -0.104. The highest BCUT2D eigenvalue weighted by molar-refractivity contribution is 5.88. The first-order chi connectivity index (χ1) is 14.0. The molecule has 1 heterocycles. The number of benzene rings is 2. The summed E-state index contributed by atoms with van der Waals surface area (Å²) in [5, 5.41) is 5.78.